The minimum atomic E-state index is 0.581. The van der Waals surface area contributed by atoms with Crippen molar-refractivity contribution in [2.75, 3.05) is 23.3 Å². The summed E-state index contributed by atoms with van der Waals surface area (Å²) in [4.78, 5) is 6.93. The van der Waals surface area contributed by atoms with Crippen molar-refractivity contribution in [1.29, 1.82) is 0 Å². The maximum atomic E-state index is 5.27. The van der Waals surface area contributed by atoms with Crippen LogP contribution in [0, 0.1) is 5.92 Å². The van der Waals surface area contributed by atoms with Crippen LogP contribution in [0.25, 0.3) is 0 Å². The van der Waals surface area contributed by atoms with Gasteiger partial charge in [-0.05, 0) is 56.0 Å². The van der Waals surface area contributed by atoms with Gasteiger partial charge in [0.05, 0.1) is 11.9 Å². The third kappa shape index (κ3) is 3.60. The first kappa shape index (κ1) is 13.6. The molecule has 1 aliphatic carbocycles. The van der Waals surface area contributed by atoms with Gasteiger partial charge in [0.1, 0.15) is 5.82 Å². The number of aromatic nitrogens is 1. The Kier molecular flexibility index (Phi) is 4.05. The summed E-state index contributed by atoms with van der Waals surface area (Å²) in [5.74, 6) is 1.84. The molecule has 1 saturated carbocycles. The van der Waals surface area contributed by atoms with Gasteiger partial charge in [0.15, 0.2) is 5.11 Å². The smallest absolute Gasteiger partial charge is 0.171 e. The van der Waals surface area contributed by atoms with E-state index in [4.69, 9.17) is 12.2 Å². The molecule has 5 heteroatoms. The SMILES string of the molecule is C[C@@H]1CCCN(c2ccc(NC(=S)NC3CC3)cn2)C1. The molecule has 0 radical (unpaired) electrons. The van der Waals surface area contributed by atoms with Gasteiger partial charge in [0.25, 0.3) is 0 Å². The second-order valence-electron chi connectivity index (χ2n) is 5.97. The topological polar surface area (TPSA) is 40.2 Å². The van der Waals surface area contributed by atoms with Crippen molar-refractivity contribution >= 4 is 28.8 Å². The van der Waals surface area contributed by atoms with Gasteiger partial charge < -0.3 is 15.5 Å². The molecule has 2 aliphatic rings. The van der Waals surface area contributed by atoms with E-state index in [1.54, 1.807) is 0 Å². The van der Waals surface area contributed by atoms with Crippen molar-refractivity contribution < 1.29 is 0 Å². The second-order valence-corrected chi connectivity index (χ2v) is 6.38. The number of hydrogen-bond donors (Lipinski definition) is 2. The summed E-state index contributed by atoms with van der Waals surface area (Å²) in [7, 11) is 0. The zero-order valence-corrected chi connectivity index (χ0v) is 12.7. The lowest BCUT2D eigenvalue weighted by Gasteiger charge is -2.31. The summed E-state index contributed by atoms with van der Waals surface area (Å²) in [6.45, 7) is 4.54. The van der Waals surface area contributed by atoms with Crippen molar-refractivity contribution in [1.82, 2.24) is 10.3 Å². The average Bonchev–Trinajstić information content (AvgIpc) is 3.23. The lowest BCUT2D eigenvalue weighted by Crippen LogP contribution is -2.34. The van der Waals surface area contributed by atoms with Gasteiger partial charge in [-0.2, -0.15) is 0 Å². The molecule has 1 atom stereocenters. The molecule has 0 bridgehead atoms. The molecule has 108 valence electrons. The van der Waals surface area contributed by atoms with Crippen molar-refractivity contribution in [2.24, 2.45) is 5.92 Å². The number of rotatable bonds is 3. The molecule has 0 spiro atoms. The molecule has 2 N–H and O–H groups in total. The third-order valence-corrected chi connectivity index (χ3v) is 4.12. The number of thiocarbonyl (C=S) groups is 1. The van der Waals surface area contributed by atoms with Crippen molar-refractivity contribution in [3.63, 3.8) is 0 Å². The standard InChI is InChI=1S/C15H22N4S/c1-11-3-2-8-19(10-11)14-7-6-13(9-16-14)18-15(20)17-12-4-5-12/h6-7,9,11-12H,2-5,8,10H2,1H3,(H2,17,18,20)/t11-/m1/s1. The van der Waals surface area contributed by atoms with E-state index in [2.05, 4.69) is 39.6 Å². The molecule has 1 saturated heterocycles. The summed E-state index contributed by atoms with van der Waals surface area (Å²) in [5.41, 5.74) is 0.956. The first-order valence-electron chi connectivity index (χ1n) is 7.49. The molecule has 2 heterocycles. The largest absolute Gasteiger partial charge is 0.360 e. The molecule has 1 aromatic rings. The molecule has 20 heavy (non-hydrogen) atoms. The predicted molar refractivity (Wildman–Crippen MR) is 87.2 cm³/mol. The quantitative estimate of drug-likeness (QED) is 0.838. The minimum absolute atomic E-state index is 0.581. The normalized spacial score (nSPS) is 22.4. The van der Waals surface area contributed by atoms with Crippen molar-refractivity contribution in [2.45, 2.75) is 38.6 Å². The first-order chi connectivity index (χ1) is 9.70. The Morgan fingerprint density at radius 1 is 1.35 bits per heavy atom. The highest BCUT2D eigenvalue weighted by Crippen LogP contribution is 2.22. The monoisotopic (exact) mass is 290 g/mol. The molecule has 0 amide bonds. The Balaban J connectivity index is 1.57. The first-order valence-corrected chi connectivity index (χ1v) is 7.90. The molecule has 4 nitrogen and oxygen atoms in total. The van der Waals surface area contributed by atoms with Gasteiger partial charge >= 0.3 is 0 Å². The van der Waals surface area contributed by atoms with Crippen LogP contribution in [0.5, 0.6) is 0 Å². The fraction of sp³-hybridized carbons (Fsp3) is 0.600. The molecule has 2 fully saturated rings. The molecule has 3 rings (SSSR count). The van der Waals surface area contributed by atoms with Crippen LogP contribution in [0.1, 0.15) is 32.6 Å². The number of nitrogens with one attached hydrogen (secondary N) is 2. The number of hydrogen-bond acceptors (Lipinski definition) is 3. The van der Waals surface area contributed by atoms with Crippen LogP contribution < -0.4 is 15.5 Å². The van der Waals surface area contributed by atoms with Crippen LogP contribution in [0.4, 0.5) is 11.5 Å². The number of piperidine rings is 1. The summed E-state index contributed by atoms with van der Waals surface area (Å²) < 4.78 is 0. The van der Waals surface area contributed by atoms with Crippen LogP contribution in [-0.4, -0.2) is 29.2 Å². The fourth-order valence-corrected chi connectivity index (χ4v) is 2.91. The van der Waals surface area contributed by atoms with E-state index in [0.29, 0.717) is 11.2 Å². The number of nitrogens with zero attached hydrogens (tertiary/aromatic N) is 2. The zero-order valence-electron chi connectivity index (χ0n) is 11.9. The molecule has 0 aromatic carbocycles. The lowest BCUT2D eigenvalue weighted by atomic mass is 10.0. The summed E-state index contributed by atoms with van der Waals surface area (Å²) >= 11 is 5.27. The van der Waals surface area contributed by atoms with Crippen LogP contribution in [-0.2, 0) is 0 Å². The summed E-state index contributed by atoms with van der Waals surface area (Å²) in [6, 6.07) is 4.72. The zero-order chi connectivity index (χ0) is 13.9. The van der Waals surface area contributed by atoms with Crippen LogP contribution in [0.3, 0.4) is 0 Å². The Bertz CT molecular complexity index is 469. The highest BCUT2D eigenvalue weighted by atomic mass is 32.1. The number of anilines is 2. The molecule has 0 unspecified atom stereocenters. The van der Waals surface area contributed by atoms with Gasteiger partial charge in [0, 0.05) is 19.1 Å². The van der Waals surface area contributed by atoms with Crippen molar-refractivity contribution in [3.05, 3.63) is 18.3 Å². The van der Waals surface area contributed by atoms with Gasteiger partial charge in [-0.3, -0.25) is 0 Å². The van der Waals surface area contributed by atoms with E-state index in [1.165, 1.54) is 25.7 Å². The van der Waals surface area contributed by atoms with E-state index in [1.807, 2.05) is 6.20 Å². The second kappa shape index (κ2) is 5.95. The predicted octanol–water partition coefficient (Wildman–Crippen LogP) is 2.77. The van der Waals surface area contributed by atoms with Gasteiger partial charge in [-0.25, -0.2) is 4.98 Å². The number of pyridine rings is 1. The maximum Gasteiger partial charge on any atom is 0.171 e. The highest BCUT2D eigenvalue weighted by molar-refractivity contribution is 7.80. The molecular weight excluding hydrogens is 268 g/mol. The average molecular weight is 290 g/mol. The maximum absolute atomic E-state index is 5.27. The van der Waals surface area contributed by atoms with Gasteiger partial charge in [-0.1, -0.05) is 6.92 Å². The molecule has 1 aromatic heterocycles. The van der Waals surface area contributed by atoms with Crippen LogP contribution >= 0.6 is 12.2 Å². The van der Waals surface area contributed by atoms with Gasteiger partial charge in [-0.15, -0.1) is 0 Å². The summed E-state index contributed by atoms with van der Waals surface area (Å²) in [5, 5.41) is 7.16. The molecular formula is C15H22N4S. The van der Waals surface area contributed by atoms with E-state index in [-0.39, 0.29) is 0 Å². The van der Waals surface area contributed by atoms with E-state index >= 15 is 0 Å². The van der Waals surface area contributed by atoms with Gasteiger partial charge in [0.2, 0.25) is 0 Å². The highest BCUT2D eigenvalue weighted by Gasteiger charge is 2.22. The van der Waals surface area contributed by atoms with E-state index in [9.17, 15) is 0 Å². The fourth-order valence-electron chi connectivity index (χ4n) is 2.62. The Morgan fingerprint density at radius 3 is 2.85 bits per heavy atom. The van der Waals surface area contributed by atoms with Crippen LogP contribution in [0.15, 0.2) is 18.3 Å². The Hall–Kier alpha value is -1.36. The lowest BCUT2D eigenvalue weighted by molar-refractivity contribution is 0.444. The van der Waals surface area contributed by atoms with Crippen LogP contribution in [0.2, 0.25) is 0 Å². The summed E-state index contributed by atoms with van der Waals surface area (Å²) in [6.07, 6.45) is 6.92. The molecule has 1 aliphatic heterocycles. The third-order valence-electron chi connectivity index (χ3n) is 3.90. The van der Waals surface area contributed by atoms with Crippen molar-refractivity contribution in [3.8, 4) is 0 Å². The Labute approximate surface area is 126 Å². The Morgan fingerprint density at radius 2 is 2.20 bits per heavy atom. The minimum Gasteiger partial charge on any atom is -0.360 e. The van der Waals surface area contributed by atoms with E-state index in [0.717, 1.165) is 30.5 Å². The van der Waals surface area contributed by atoms with E-state index < -0.39 is 0 Å².